The molecule has 0 saturated carbocycles. The minimum absolute atomic E-state index is 0.108. The second kappa shape index (κ2) is 9.00. The van der Waals surface area contributed by atoms with Crippen molar-refractivity contribution in [3.63, 3.8) is 0 Å². The molecule has 0 aliphatic heterocycles. The van der Waals surface area contributed by atoms with Crippen LogP contribution in [-0.4, -0.2) is 38.1 Å². The summed E-state index contributed by atoms with van der Waals surface area (Å²) in [6.07, 6.45) is 1.66. The molecule has 0 bridgehead atoms. The van der Waals surface area contributed by atoms with Crippen molar-refractivity contribution < 1.29 is 14.4 Å². The van der Waals surface area contributed by atoms with Crippen LogP contribution in [-0.2, 0) is 14.4 Å². The van der Waals surface area contributed by atoms with Gasteiger partial charge in [0, 0.05) is 6.21 Å². The van der Waals surface area contributed by atoms with Gasteiger partial charge in [-0.2, -0.15) is 0 Å². The highest BCUT2D eigenvalue weighted by molar-refractivity contribution is 6.65. The average molecular weight is 313 g/mol. The summed E-state index contributed by atoms with van der Waals surface area (Å²) in [4.78, 5) is 32.5. The Bertz CT molecular complexity index is 629. The molecule has 1 rings (SSSR count). The third-order valence-corrected chi connectivity index (χ3v) is 3.06. The fourth-order valence-electron chi connectivity index (χ4n) is 1.78. The molecule has 0 aliphatic rings. The van der Waals surface area contributed by atoms with Crippen LogP contribution in [0.1, 0.15) is 18.1 Å². The van der Waals surface area contributed by atoms with Crippen LogP contribution in [0.5, 0.6) is 0 Å². The van der Waals surface area contributed by atoms with Gasteiger partial charge in [-0.3, -0.25) is 24.8 Å². The third-order valence-electron chi connectivity index (χ3n) is 3.06. The van der Waals surface area contributed by atoms with Gasteiger partial charge in [0.25, 0.3) is 5.91 Å². The fraction of sp³-hybridized carbons (Fsp3) is 0.375. The predicted molar refractivity (Wildman–Crippen MR) is 90.6 cm³/mol. The summed E-state index contributed by atoms with van der Waals surface area (Å²) in [5, 5.41) is 7.59. The quantitative estimate of drug-likeness (QED) is 0.252. The largest absolute Gasteiger partial charge is 0.296 e. The molecule has 0 fully saturated rings. The van der Waals surface area contributed by atoms with E-state index in [-0.39, 0.29) is 12.9 Å². The van der Waals surface area contributed by atoms with Crippen molar-refractivity contribution in [3.05, 3.63) is 29.3 Å². The molecule has 0 heterocycles. The number of carbonyl (C=O) groups excluding carboxylic acids is 2. The molecule has 0 spiro atoms. The molecular weight excluding hydrogens is 293 g/mol. The van der Waals surface area contributed by atoms with E-state index in [1.165, 1.54) is 6.21 Å². The number of aryl methyl sites for hydroxylation is 2. The second-order valence-electron chi connectivity index (χ2n) is 5.16. The zero-order chi connectivity index (χ0) is 17.4. The van der Waals surface area contributed by atoms with Crippen LogP contribution in [0.15, 0.2) is 23.2 Å². The molecule has 2 N–H and O–H groups in total. The number of hydrogen-bond donors (Lipinski definition) is 2. The maximum absolute atomic E-state index is 12.0. The minimum Gasteiger partial charge on any atom is -0.292 e. The van der Waals surface area contributed by atoms with Gasteiger partial charge in [0.15, 0.2) is 11.5 Å². The monoisotopic (exact) mass is 313 g/mol. The number of nitrogens with one attached hydrogen (secondary N) is 2. The molecule has 1 aromatic rings. The summed E-state index contributed by atoms with van der Waals surface area (Å²) in [5.41, 5.74) is 4.18. The number of Topliss-reactive ketones (excluding diaryl/α,β-unsaturated/α-hetero) is 1. The van der Waals surface area contributed by atoms with Crippen molar-refractivity contribution in [2.75, 3.05) is 6.61 Å². The molecule has 1 aromatic carbocycles. The lowest BCUT2D eigenvalue weighted by molar-refractivity contribution is -0.127. The first-order chi connectivity index (χ1) is 10.9. The molecule has 2 radical (unpaired) electrons. The number of nitrogens with zero attached hydrogens (tertiary/aromatic N) is 1. The standard InChI is InChI=1S/C16H20BN3O3/c1-10-4-5-13(11(2)8-10)19-9-12(3)15(21)14(18)16(22)20-23-7-6-17/h4-5,8-9,12,18H,6-7H2,1-3H3,(H,20,22). The van der Waals surface area contributed by atoms with E-state index in [9.17, 15) is 9.59 Å². The highest BCUT2D eigenvalue weighted by atomic mass is 16.6. The number of rotatable bonds is 8. The summed E-state index contributed by atoms with van der Waals surface area (Å²) in [7, 11) is 5.20. The van der Waals surface area contributed by atoms with Crippen LogP contribution in [0.2, 0.25) is 6.32 Å². The molecule has 1 atom stereocenters. The topological polar surface area (TPSA) is 91.6 Å². The zero-order valence-electron chi connectivity index (χ0n) is 13.6. The van der Waals surface area contributed by atoms with E-state index >= 15 is 0 Å². The van der Waals surface area contributed by atoms with Crippen LogP contribution in [0, 0.1) is 25.2 Å². The number of ketones is 1. The van der Waals surface area contributed by atoms with Gasteiger partial charge >= 0.3 is 0 Å². The Morgan fingerprint density at radius 2 is 2.13 bits per heavy atom. The van der Waals surface area contributed by atoms with Gasteiger partial charge < -0.3 is 0 Å². The van der Waals surface area contributed by atoms with Crippen molar-refractivity contribution in [2.45, 2.75) is 27.1 Å². The predicted octanol–water partition coefficient (Wildman–Crippen LogP) is 1.87. The Morgan fingerprint density at radius 1 is 1.43 bits per heavy atom. The van der Waals surface area contributed by atoms with E-state index in [1.807, 2.05) is 37.5 Å². The number of benzene rings is 1. The lowest BCUT2D eigenvalue weighted by atomic mass is 10.0. The number of carbonyl (C=O) groups is 2. The molecule has 6 nitrogen and oxygen atoms in total. The lowest BCUT2D eigenvalue weighted by Crippen LogP contribution is -2.38. The van der Waals surface area contributed by atoms with E-state index in [4.69, 9.17) is 18.1 Å². The Kier molecular flexibility index (Phi) is 7.34. The SMILES string of the molecule is [B]CCONC(=O)C(=N)C(=O)C(C)C=Nc1ccc(C)cc1C. The van der Waals surface area contributed by atoms with Gasteiger partial charge in [-0.1, -0.05) is 30.9 Å². The number of amides is 1. The van der Waals surface area contributed by atoms with E-state index in [2.05, 4.69) is 4.99 Å². The summed E-state index contributed by atoms with van der Waals surface area (Å²) < 4.78 is 0. The zero-order valence-corrected chi connectivity index (χ0v) is 13.6. The summed E-state index contributed by atoms with van der Waals surface area (Å²) in [6, 6.07) is 5.77. The summed E-state index contributed by atoms with van der Waals surface area (Å²) in [5.74, 6) is -2.22. The van der Waals surface area contributed by atoms with Gasteiger partial charge in [0.2, 0.25) is 0 Å². The molecule has 1 unspecified atom stereocenters. The normalized spacial score (nSPS) is 12.1. The van der Waals surface area contributed by atoms with Crippen LogP contribution in [0.25, 0.3) is 0 Å². The second-order valence-corrected chi connectivity index (χ2v) is 5.16. The molecule has 23 heavy (non-hydrogen) atoms. The molecular formula is C16H20BN3O3. The van der Waals surface area contributed by atoms with Gasteiger partial charge in [-0.25, -0.2) is 5.48 Å². The van der Waals surface area contributed by atoms with Crippen molar-refractivity contribution in [1.29, 1.82) is 5.41 Å². The van der Waals surface area contributed by atoms with E-state index in [0.29, 0.717) is 0 Å². The first-order valence-electron chi connectivity index (χ1n) is 7.23. The van der Waals surface area contributed by atoms with Crippen LogP contribution in [0.4, 0.5) is 5.69 Å². The minimum atomic E-state index is -0.893. The van der Waals surface area contributed by atoms with Crippen LogP contribution in [0.3, 0.4) is 0 Å². The molecule has 0 aromatic heterocycles. The molecule has 0 saturated heterocycles. The van der Waals surface area contributed by atoms with Crippen molar-refractivity contribution >= 4 is 37.2 Å². The number of aliphatic imine (C=N–C) groups is 1. The van der Waals surface area contributed by atoms with Crippen molar-refractivity contribution in [3.8, 4) is 0 Å². The summed E-state index contributed by atoms with van der Waals surface area (Å²) in [6.45, 7) is 5.60. The maximum Gasteiger partial charge on any atom is 0.296 e. The first kappa shape index (κ1) is 18.8. The molecule has 7 heteroatoms. The van der Waals surface area contributed by atoms with Crippen molar-refractivity contribution in [2.24, 2.45) is 10.9 Å². The Labute approximate surface area is 137 Å². The van der Waals surface area contributed by atoms with E-state index < -0.39 is 23.3 Å². The van der Waals surface area contributed by atoms with E-state index in [0.717, 1.165) is 16.8 Å². The fourth-order valence-corrected chi connectivity index (χ4v) is 1.78. The Morgan fingerprint density at radius 3 is 2.74 bits per heavy atom. The van der Waals surface area contributed by atoms with Crippen LogP contribution < -0.4 is 5.48 Å². The number of hydrogen-bond acceptors (Lipinski definition) is 5. The third kappa shape index (κ3) is 5.79. The van der Waals surface area contributed by atoms with Gasteiger partial charge in [-0.15, -0.1) is 0 Å². The molecule has 1 amide bonds. The van der Waals surface area contributed by atoms with Crippen molar-refractivity contribution in [1.82, 2.24) is 5.48 Å². The Balaban J connectivity index is 2.67. The van der Waals surface area contributed by atoms with Gasteiger partial charge in [-0.05, 0) is 25.5 Å². The molecule has 0 aliphatic carbocycles. The smallest absolute Gasteiger partial charge is 0.292 e. The van der Waals surface area contributed by atoms with E-state index in [1.54, 1.807) is 6.92 Å². The first-order valence-corrected chi connectivity index (χ1v) is 7.23. The van der Waals surface area contributed by atoms with Crippen LogP contribution >= 0.6 is 0 Å². The molecule has 120 valence electrons. The number of hydroxylamine groups is 1. The Hall–Kier alpha value is -2.28. The van der Waals surface area contributed by atoms with Gasteiger partial charge in [0.1, 0.15) is 0 Å². The maximum atomic E-state index is 12.0. The lowest BCUT2D eigenvalue weighted by Gasteiger charge is -2.08. The van der Waals surface area contributed by atoms with Gasteiger partial charge in [0.05, 0.1) is 26.1 Å². The average Bonchev–Trinajstić information content (AvgIpc) is 2.52. The highest BCUT2D eigenvalue weighted by Crippen LogP contribution is 2.19. The summed E-state index contributed by atoms with van der Waals surface area (Å²) >= 11 is 0. The highest BCUT2D eigenvalue weighted by Gasteiger charge is 2.22.